The molecule has 0 saturated carbocycles. The fourth-order valence-electron chi connectivity index (χ4n) is 0.387. The Hall–Kier alpha value is -0.600. The van der Waals surface area contributed by atoms with Crippen LogP contribution < -0.4 is 0 Å². The van der Waals surface area contributed by atoms with Crippen LogP contribution in [0.1, 0.15) is 0 Å². The topological polar surface area (TPSA) is 29.5 Å². The first kappa shape index (κ1) is 8.40. The van der Waals surface area contributed by atoms with Gasteiger partial charge in [0.05, 0.1) is 19.3 Å². The van der Waals surface area contributed by atoms with E-state index in [9.17, 15) is 0 Å². The molecule has 0 rings (SSSR count). The molecule has 9 heavy (non-hydrogen) atoms. The van der Waals surface area contributed by atoms with Gasteiger partial charge in [-0.15, -0.1) is 13.2 Å². The van der Waals surface area contributed by atoms with Gasteiger partial charge in [0, 0.05) is 0 Å². The second-order valence-corrected chi connectivity index (χ2v) is 1.58. The predicted octanol–water partition coefficient (Wildman–Crippen LogP) is 0.736. The highest BCUT2D eigenvalue weighted by Crippen LogP contribution is 1.90. The minimum Gasteiger partial charge on any atom is -0.393 e. The maximum Gasteiger partial charge on any atom is 0.0988 e. The van der Waals surface area contributed by atoms with Crippen LogP contribution in [0.25, 0.3) is 0 Å². The van der Waals surface area contributed by atoms with Crippen molar-refractivity contribution in [2.24, 2.45) is 0 Å². The molecule has 0 spiro atoms. The lowest BCUT2D eigenvalue weighted by Crippen LogP contribution is -2.13. The molecule has 2 nitrogen and oxygen atoms in total. The van der Waals surface area contributed by atoms with E-state index in [0.717, 1.165) is 0 Å². The second kappa shape index (κ2) is 5.54. The molecule has 0 heterocycles. The van der Waals surface area contributed by atoms with E-state index >= 15 is 0 Å². The summed E-state index contributed by atoms with van der Waals surface area (Å²) in [5.41, 5.74) is 0. The Morgan fingerprint density at radius 3 is 2.56 bits per heavy atom. The number of hydrogen-bond acceptors (Lipinski definition) is 2. The van der Waals surface area contributed by atoms with E-state index in [2.05, 4.69) is 13.2 Å². The fourth-order valence-corrected chi connectivity index (χ4v) is 0.387. The van der Waals surface area contributed by atoms with Crippen molar-refractivity contribution in [3.05, 3.63) is 25.3 Å². The summed E-state index contributed by atoms with van der Waals surface area (Å²) in [6, 6.07) is 0. The summed E-state index contributed by atoms with van der Waals surface area (Å²) in [4.78, 5) is 0. The largest absolute Gasteiger partial charge is 0.393 e. The molecule has 52 valence electrons. The van der Waals surface area contributed by atoms with Crippen molar-refractivity contribution >= 4 is 0 Å². The zero-order valence-corrected chi connectivity index (χ0v) is 5.42. The van der Waals surface area contributed by atoms with Gasteiger partial charge in [-0.2, -0.15) is 0 Å². The molecule has 1 N–H and O–H groups in total. The molecule has 2 heteroatoms. The molecule has 0 fully saturated rings. The molecule has 0 radical (unpaired) electrons. The summed E-state index contributed by atoms with van der Waals surface area (Å²) in [5, 5.41) is 8.52. The summed E-state index contributed by atoms with van der Waals surface area (Å²) in [6.45, 7) is 7.36. The average molecular weight is 128 g/mol. The van der Waals surface area contributed by atoms with Crippen LogP contribution in [0.4, 0.5) is 0 Å². The van der Waals surface area contributed by atoms with Crippen LogP contribution in [0.2, 0.25) is 0 Å². The van der Waals surface area contributed by atoms with Crippen LogP contribution in [-0.2, 0) is 4.74 Å². The molecule has 0 amide bonds. The van der Waals surface area contributed by atoms with Gasteiger partial charge in [-0.1, -0.05) is 12.2 Å². The molecule has 0 aliphatic carbocycles. The van der Waals surface area contributed by atoms with Crippen molar-refractivity contribution in [3.63, 3.8) is 0 Å². The number of aliphatic hydroxyl groups excluding tert-OH is 1. The van der Waals surface area contributed by atoms with Crippen molar-refractivity contribution in [1.29, 1.82) is 0 Å². The quantitative estimate of drug-likeness (QED) is 0.553. The highest BCUT2D eigenvalue weighted by molar-refractivity contribution is 4.80. The lowest BCUT2D eigenvalue weighted by molar-refractivity contribution is 0.0602. The normalized spacial score (nSPS) is 12.6. The van der Waals surface area contributed by atoms with Crippen molar-refractivity contribution in [3.8, 4) is 0 Å². The van der Waals surface area contributed by atoms with E-state index in [-0.39, 0.29) is 12.7 Å². The summed E-state index contributed by atoms with van der Waals surface area (Å²) in [5.74, 6) is 0. The van der Waals surface area contributed by atoms with Gasteiger partial charge in [0.25, 0.3) is 0 Å². The highest BCUT2D eigenvalue weighted by atomic mass is 16.5. The molecule has 1 atom stereocenters. The lowest BCUT2D eigenvalue weighted by Gasteiger charge is -2.07. The van der Waals surface area contributed by atoms with Gasteiger partial charge in [-0.25, -0.2) is 0 Å². The first-order valence-electron chi connectivity index (χ1n) is 2.81. The third-order valence-corrected chi connectivity index (χ3v) is 0.871. The van der Waals surface area contributed by atoms with E-state index in [1.807, 2.05) is 0 Å². The van der Waals surface area contributed by atoms with Crippen LogP contribution in [-0.4, -0.2) is 24.4 Å². The maximum absolute atomic E-state index is 8.52. The third-order valence-electron chi connectivity index (χ3n) is 0.871. The minimum atomic E-state index is -0.247. The molecular weight excluding hydrogens is 116 g/mol. The molecular formula is C7H12O2. The zero-order chi connectivity index (χ0) is 7.11. The van der Waals surface area contributed by atoms with Gasteiger partial charge >= 0.3 is 0 Å². The molecule has 0 aromatic carbocycles. The van der Waals surface area contributed by atoms with Gasteiger partial charge in [-0.3, -0.25) is 0 Å². The lowest BCUT2D eigenvalue weighted by atomic mass is 10.4. The van der Waals surface area contributed by atoms with Crippen LogP contribution in [0.5, 0.6) is 0 Å². The third kappa shape index (κ3) is 3.94. The Labute approximate surface area is 55.5 Å². The van der Waals surface area contributed by atoms with Gasteiger partial charge < -0.3 is 9.84 Å². The standard InChI is InChI=1S/C7H12O2/c1-3-5-9-7(4-2)6-8/h3-4,7-8H,1-2,5-6H2/t7-/m0/s1. The summed E-state index contributed by atoms with van der Waals surface area (Å²) in [6.07, 6.45) is 2.94. The highest BCUT2D eigenvalue weighted by Gasteiger charge is 1.97. The molecule has 0 bridgehead atoms. The predicted molar refractivity (Wildman–Crippen MR) is 37.2 cm³/mol. The van der Waals surface area contributed by atoms with E-state index < -0.39 is 0 Å². The van der Waals surface area contributed by atoms with Gasteiger partial charge in [0.2, 0.25) is 0 Å². The van der Waals surface area contributed by atoms with E-state index in [1.165, 1.54) is 0 Å². The number of aliphatic hydroxyl groups is 1. The van der Waals surface area contributed by atoms with Crippen molar-refractivity contribution < 1.29 is 9.84 Å². The summed E-state index contributed by atoms with van der Waals surface area (Å²) >= 11 is 0. The Balaban J connectivity index is 3.30. The second-order valence-electron chi connectivity index (χ2n) is 1.58. The molecule has 0 aliphatic heterocycles. The zero-order valence-electron chi connectivity index (χ0n) is 5.42. The van der Waals surface area contributed by atoms with Crippen LogP contribution >= 0.6 is 0 Å². The monoisotopic (exact) mass is 128 g/mol. The van der Waals surface area contributed by atoms with Crippen molar-refractivity contribution in [1.82, 2.24) is 0 Å². The van der Waals surface area contributed by atoms with Crippen LogP contribution in [0.3, 0.4) is 0 Å². The van der Waals surface area contributed by atoms with Crippen LogP contribution in [0.15, 0.2) is 25.3 Å². The first-order chi connectivity index (χ1) is 4.35. The number of ether oxygens (including phenoxy) is 1. The molecule has 0 aliphatic rings. The Bertz CT molecular complexity index is 88.9. The maximum atomic E-state index is 8.52. The van der Waals surface area contributed by atoms with Crippen molar-refractivity contribution in [2.75, 3.05) is 13.2 Å². The smallest absolute Gasteiger partial charge is 0.0988 e. The van der Waals surface area contributed by atoms with Crippen LogP contribution in [0, 0.1) is 0 Å². The summed E-state index contributed by atoms with van der Waals surface area (Å²) < 4.78 is 5.00. The molecule has 0 aromatic heterocycles. The molecule has 0 aromatic rings. The number of rotatable bonds is 5. The molecule has 0 unspecified atom stereocenters. The first-order valence-corrected chi connectivity index (χ1v) is 2.81. The Morgan fingerprint density at radius 2 is 2.22 bits per heavy atom. The average Bonchev–Trinajstić information content (AvgIpc) is 1.91. The summed E-state index contributed by atoms with van der Waals surface area (Å²) in [7, 11) is 0. The van der Waals surface area contributed by atoms with E-state index in [0.29, 0.717) is 6.61 Å². The van der Waals surface area contributed by atoms with Gasteiger partial charge in [0.15, 0.2) is 0 Å². The van der Waals surface area contributed by atoms with Gasteiger partial charge in [0.1, 0.15) is 0 Å². The minimum absolute atomic E-state index is 0.0165. The Morgan fingerprint density at radius 1 is 1.56 bits per heavy atom. The fraction of sp³-hybridized carbons (Fsp3) is 0.429. The van der Waals surface area contributed by atoms with E-state index in [1.54, 1.807) is 12.2 Å². The SMILES string of the molecule is C=CCO[C@@H](C=C)CO. The molecule has 0 saturated heterocycles. The Kier molecular flexibility index (Phi) is 5.17. The van der Waals surface area contributed by atoms with Gasteiger partial charge in [-0.05, 0) is 0 Å². The number of hydrogen-bond donors (Lipinski definition) is 1. The van der Waals surface area contributed by atoms with E-state index in [4.69, 9.17) is 9.84 Å². The van der Waals surface area contributed by atoms with Crippen molar-refractivity contribution in [2.45, 2.75) is 6.10 Å².